The number of carbonyl (C=O) groups excluding carboxylic acids is 1. The average Bonchev–Trinajstić information content (AvgIpc) is 3.51. The summed E-state index contributed by atoms with van der Waals surface area (Å²) in [6.07, 6.45) is 3.37. The second kappa shape index (κ2) is 11.4. The van der Waals surface area contributed by atoms with Crippen molar-refractivity contribution in [2.45, 2.75) is 19.9 Å². The Kier molecular flexibility index (Phi) is 7.81. The molecule has 0 aliphatic carbocycles. The molecule has 2 aromatic heterocycles. The van der Waals surface area contributed by atoms with Gasteiger partial charge in [-0.05, 0) is 55.8 Å². The number of esters is 1. The molecule has 0 bridgehead atoms. The van der Waals surface area contributed by atoms with E-state index in [4.69, 9.17) is 13.9 Å². The van der Waals surface area contributed by atoms with Gasteiger partial charge in [0.15, 0.2) is 4.80 Å². The second-order valence-electron chi connectivity index (χ2n) is 8.68. The van der Waals surface area contributed by atoms with Gasteiger partial charge in [0.1, 0.15) is 23.9 Å². The van der Waals surface area contributed by atoms with E-state index < -0.39 is 12.0 Å². The number of fused-ring (bicyclic) bond motifs is 1. The van der Waals surface area contributed by atoms with Crippen LogP contribution in [0, 0.1) is 0 Å². The fourth-order valence-corrected chi connectivity index (χ4v) is 5.79. The van der Waals surface area contributed by atoms with Gasteiger partial charge < -0.3 is 13.9 Å². The molecule has 0 unspecified atom stereocenters. The number of rotatable bonds is 8. The zero-order valence-corrected chi connectivity index (χ0v) is 23.8. The molecule has 0 saturated carbocycles. The topological polar surface area (TPSA) is 83.0 Å². The molecule has 39 heavy (non-hydrogen) atoms. The summed E-state index contributed by atoms with van der Waals surface area (Å²) < 4.78 is 19.9. The Bertz CT molecular complexity index is 1760. The molecule has 0 fully saturated rings. The fourth-order valence-electron chi connectivity index (χ4n) is 4.36. The molecule has 9 heteroatoms. The van der Waals surface area contributed by atoms with Crippen molar-refractivity contribution in [3.63, 3.8) is 0 Å². The van der Waals surface area contributed by atoms with Crippen LogP contribution in [0.2, 0.25) is 0 Å². The molecule has 0 saturated heterocycles. The largest absolute Gasteiger partial charge is 0.490 e. The Morgan fingerprint density at radius 2 is 2.00 bits per heavy atom. The average molecular weight is 606 g/mol. The highest BCUT2D eigenvalue weighted by Gasteiger charge is 2.33. The first-order chi connectivity index (χ1) is 18.9. The molecule has 4 aromatic rings. The Balaban J connectivity index is 1.60. The van der Waals surface area contributed by atoms with Gasteiger partial charge in [-0.2, -0.15) is 0 Å². The quantitative estimate of drug-likeness (QED) is 0.199. The minimum atomic E-state index is -0.704. The van der Waals surface area contributed by atoms with Gasteiger partial charge in [-0.25, -0.2) is 9.79 Å². The number of thiazole rings is 1. The van der Waals surface area contributed by atoms with E-state index >= 15 is 0 Å². The van der Waals surface area contributed by atoms with Crippen LogP contribution >= 0.6 is 27.3 Å². The molecule has 2 aromatic carbocycles. The number of hydrogen-bond donors (Lipinski definition) is 0. The van der Waals surface area contributed by atoms with Gasteiger partial charge in [0, 0.05) is 16.1 Å². The van der Waals surface area contributed by atoms with Gasteiger partial charge in [0.05, 0.1) is 28.5 Å². The van der Waals surface area contributed by atoms with E-state index in [0.29, 0.717) is 44.5 Å². The fraction of sp³-hybridized carbons (Fsp3) is 0.167. The monoisotopic (exact) mass is 604 g/mol. The number of furan rings is 1. The third kappa shape index (κ3) is 5.46. The second-order valence-corrected chi connectivity index (χ2v) is 10.6. The summed E-state index contributed by atoms with van der Waals surface area (Å²) in [6.45, 7) is 7.75. The van der Waals surface area contributed by atoms with Gasteiger partial charge in [0.2, 0.25) is 0 Å². The molecule has 0 amide bonds. The third-order valence-corrected chi connectivity index (χ3v) is 7.57. The van der Waals surface area contributed by atoms with E-state index in [1.807, 2.05) is 48.5 Å². The van der Waals surface area contributed by atoms with Crippen LogP contribution < -0.4 is 19.6 Å². The number of aromatic nitrogens is 1. The first kappa shape index (κ1) is 26.6. The zero-order valence-electron chi connectivity index (χ0n) is 21.3. The number of hydrogen-bond acceptors (Lipinski definition) is 7. The summed E-state index contributed by atoms with van der Waals surface area (Å²) in [4.78, 5) is 32.0. The van der Waals surface area contributed by atoms with Crippen molar-refractivity contribution < 1.29 is 18.7 Å². The van der Waals surface area contributed by atoms with Crippen LogP contribution in [0.4, 0.5) is 0 Å². The summed E-state index contributed by atoms with van der Waals surface area (Å²) in [5.41, 5.74) is 2.21. The minimum Gasteiger partial charge on any atom is -0.490 e. The van der Waals surface area contributed by atoms with E-state index in [-0.39, 0.29) is 12.2 Å². The smallest absolute Gasteiger partial charge is 0.338 e. The number of carbonyl (C=O) groups is 1. The molecular formula is C30H25BrN2O5S. The Hall–Kier alpha value is -3.95. The highest BCUT2D eigenvalue weighted by molar-refractivity contribution is 9.10. The van der Waals surface area contributed by atoms with E-state index in [0.717, 1.165) is 15.6 Å². The molecule has 1 atom stereocenters. The number of benzene rings is 2. The SMILES string of the molecule is C=CCOc1ccc([C@@H]2C(C(=O)OCC)=C(C)N=c3s/c(=C\c4ccc(-c5cccc(Br)c5)o4)c(=O)n32)cc1. The lowest BCUT2D eigenvalue weighted by Gasteiger charge is -2.24. The van der Waals surface area contributed by atoms with E-state index in [2.05, 4.69) is 27.5 Å². The summed E-state index contributed by atoms with van der Waals surface area (Å²) in [7, 11) is 0. The molecule has 0 spiro atoms. The Morgan fingerprint density at radius 3 is 2.72 bits per heavy atom. The van der Waals surface area contributed by atoms with Crippen molar-refractivity contribution in [3.8, 4) is 17.1 Å². The normalized spacial score (nSPS) is 15.1. The Labute approximate surface area is 237 Å². The maximum Gasteiger partial charge on any atom is 0.338 e. The van der Waals surface area contributed by atoms with Crippen molar-refractivity contribution in [1.82, 2.24) is 4.57 Å². The molecule has 0 N–H and O–H groups in total. The first-order valence-electron chi connectivity index (χ1n) is 12.3. The predicted octanol–water partition coefficient (Wildman–Crippen LogP) is 5.39. The van der Waals surface area contributed by atoms with E-state index in [1.54, 1.807) is 42.7 Å². The van der Waals surface area contributed by atoms with Crippen LogP contribution in [0.3, 0.4) is 0 Å². The van der Waals surface area contributed by atoms with Crippen LogP contribution in [0.5, 0.6) is 5.75 Å². The summed E-state index contributed by atoms with van der Waals surface area (Å²) in [5.74, 6) is 1.38. The molecule has 3 heterocycles. The maximum absolute atomic E-state index is 13.8. The molecule has 1 aliphatic heterocycles. The summed E-state index contributed by atoms with van der Waals surface area (Å²) in [6, 6.07) is 18.1. The molecule has 0 radical (unpaired) electrons. The molecule has 1 aliphatic rings. The van der Waals surface area contributed by atoms with Crippen molar-refractivity contribution in [2.24, 2.45) is 4.99 Å². The first-order valence-corrected chi connectivity index (χ1v) is 13.9. The van der Waals surface area contributed by atoms with Crippen LogP contribution in [-0.2, 0) is 9.53 Å². The van der Waals surface area contributed by atoms with Gasteiger partial charge in [-0.15, -0.1) is 0 Å². The number of halogens is 1. The van der Waals surface area contributed by atoms with Crippen molar-refractivity contribution in [3.05, 3.63) is 120 Å². The van der Waals surface area contributed by atoms with E-state index in [9.17, 15) is 9.59 Å². The van der Waals surface area contributed by atoms with Gasteiger partial charge >= 0.3 is 5.97 Å². The number of nitrogens with zero attached hydrogens (tertiary/aromatic N) is 2. The van der Waals surface area contributed by atoms with Crippen LogP contribution in [0.25, 0.3) is 17.4 Å². The lowest BCUT2D eigenvalue weighted by molar-refractivity contribution is -0.139. The molecule has 198 valence electrons. The lowest BCUT2D eigenvalue weighted by Crippen LogP contribution is -2.39. The van der Waals surface area contributed by atoms with Crippen LogP contribution in [0.1, 0.15) is 31.2 Å². The van der Waals surface area contributed by atoms with Gasteiger partial charge in [0.25, 0.3) is 5.56 Å². The van der Waals surface area contributed by atoms with Crippen LogP contribution in [0.15, 0.2) is 103 Å². The third-order valence-electron chi connectivity index (χ3n) is 6.09. The predicted molar refractivity (Wildman–Crippen MR) is 154 cm³/mol. The lowest BCUT2D eigenvalue weighted by atomic mass is 9.96. The van der Waals surface area contributed by atoms with Crippen molar-refractivity contribution in [2.75, 3.05) is 13.2 Å². The zero-order chi connectivity index (χ0) is 27.5. The summed E-state index contributed by atoms with van der Waals surface area (Å²) >= 11 is 4.73. The highest BCUT2D eigenvalue weighted by Crippen LogP contribution is 2.32. The van der Waals surface area contributed by atoms with Gasteiger partial charge in [-0.1, -0.05) is 64.2 Å². The Morgan fingerprint density at radius 1 is 1.21 bits per heavy atom. The summed E-state index contributed by atoms with van der Waals surface area (Å²) in [5, 5.41) is 0. The molecule has 7 nitrogen and oxygen atoms in total. The maximum atomic E-state index is 13.8. The van der Waals surface area contributed by atoms with Crippen molar-refractivity contribution in [1.29, 1.82) is 0 Å². The number of allylic oxidation sites excluding steroid dienone is 1. The number of ether oxygens (including phenoxy) is 2. The van der Waals surface area contributed by atoms with Gasteiger partial charge in [-0.3, -0.25) is 9.36 Å². The van der Waals surface area contributed by atoms with Crippen LogP contribution in [-0.4, -0.2) is 23.8 Å². The standard InChI is InChI=1S/C30H25BrN2O5S/c1-4-15-37-22-11-9-19(10-12-22)27-26(29(35)36-5-2)18(3)32-30-33(27)28(34)25(39-30)17-23-13-14-24(38-23)20-7-6-8-21(31)16-20/h4,6-14,16-17,27H,1,5,15H2,2-3H3/b25-17-/t27-/m1/s1. The van der Waals surface area contributed by atoms with Crippen molar-refractivity contribution >= 4 is 39.3 Å². The highest BCUT2D eigenvalue weighted by atomic mass is 79.9. The molecule has 5 rings (SSSR count). The van der Waals surface area contributed by atoms with E-state index in [1.165, 1.54) is 11.3 Å². The minimum absolute atomic E-state index is 0.208. The molecular weight excluding hydrogens is 580 g/mol.